The fourth-order valence-corrected chi connectivity index (χ4v) is 2.95. The lowest BCUT2D eigenvalue weighted by Crippen LogP contribution is -2.51. The predicted molar refractivity (Wildman–Crippen MR) is 74.0 cm³/mol. The van der Waals surface area contributed by atoms with Crippen LogP contribution in [0.4, 0.5) is 0 Å². The Morgan fingerprint density at radius 2 is 1.10 bits per heavy atom. The molecule has 0 heterocycles. The molecular formula is C12H27NO6S. The molecule has 0 unspecified atom stereocenters. The fraction of sp³-hybridized carbons (Fsp3) is 1.00. The van der Waals surface area contributed by atoms with E-state index in [1.165, 1.54) is 0 Å². The number of hydrogen-bond acceptors (Lipinski definition) is 6. The van der Waals surface area contributed by atoms with Gasteiger partial charge < -0.3 is 24.4 Å². The van der Waals surface area contributed by atoms with E-state index in [1.807, 2.05) is 0 Å². The number of hydrogen-bond donors (Lipinski definition) is 3. The monoisotopic (exact) mass is 313 g/mol. The average molecular weight is 313 g/mol. The van der Waals surface area contributed by atoms with Gasteiger partial charge in [0.1, 0.15) is 0 Å². The zero-order valence-electron chi connectivity index (χ0n) is 11.9. The maximum Gasteiger partial charge on any atom is 0.0948 e. The van der Waals surface area contributed by atoms with Gasteiger partial charge in [0.25, 0.3) is 0 Å². The van der Waals surface area contributed by atoms with Gasteiger partial charge in [-0.3, -0.25) is 0 Å². The summed E-state index contributed by atoms with van der Waals surface area (Å²) in [5.41, 5.74) is 0. The summed E-state index contributed by atoms with van der Waals surface area (Å²) in [6, 6.07) is 0. The average Bonchev–Trinajstić information content (AvgIpc) is 2.38. The highest BCUT2D eigenvalue weighted by molar-refractivity contribution is 7.85. The van der Waals surface area contributed by atoms with Gasteiger partial charge in [-0.1, -0.05) is 0 Å². The van der Waals surface area contributed by atoms with E-state index in [-0.39, 0.29) is 26.2 Å². The molecule has 122 valence electrons. The maximum atomic E-state index is 10.7. The van der Waals surface area contributed by atoms with Crippen LogP contribution >= 0.6 is 0 Å². The summed E-state index contributed by atoms with van der Waals surface area (Å²) in [5, 5.41) is 26.9. The molecule has 0 aliphatic carbocycles. The molecule has 0 bridgehead atoms. The van der Waals surface area contributed by atoms with Crippen molar-refractivity contribution in [3.63, 3.8) is 0 Å². The minimum absolute atomic E-state index is 0.0398. The van der Waals surface area contributed by atoms with Crippen molar-refractivity contribution in [3.8, 4) is 0 Å². The van der Waals surface area contributed by atoms with Gasteiger partial charge in [-0.2, -0.15) is 0 Å². The molecule has 20 heavy (non-hydrogen) atoms. The van der Waals surface area contributed by atoms with Crippen molar-refractivity contribution >= 4 is 10.1 Å². The van der Waals surface area contributed by atoms with E-state index in [2.05, 4.69) is 0 Å². The van der Waals surface area contributed by atoms with Crippen molar-refractivity contribution in [2.24, 2.45) is 0 Å². The van der Waals surface area contributed by atoms with Crippen molar-refractivity contribution in [2.75, 3.05) is 51.8 Å². The van der Waals surface area contributed by atoms with Crippen LogP contribution in [-0.2, 0) is 10.1 Å². The molecule has 0 aromatic rings. The minimum Gasteiger partial charge on any atom is -0.748 e. The Bertz CT molecular complexity index is 311. The van der Waals surface area contributed by atoms with Crippen molar-refractivity contribution in [2.45, 2.75) is 25.7 Å². The van der Waals surface area contributed by atoms with Crippen molar-refractivity contribution in [1.82, 2.24) is 0 Å². The largest absolute Gasteiger partial charge is 0.748 e. The third kappa shape index (κ3) is 9.62. The molecule has 3 N–H and O–H groups in total. The Hall–Kier alpha value is -0.250. The molecule has 0 aliphatic rings. The number of quaternary nitrogens is 1. The zero-order valence-corrected chi connectivity index (χ0v) is 12.7. The van der Waals surface area contributed by atoms with E-state index < -0.39 is 15.9 Å². The summed E-state index contributed by atoms with van der Waals surface area (Å²) < 4.78 is 32.6. The Kier molecular flexibility index (Phi) is 10.3. The normalized spacial score (nSPS) is 12.8. The highest BCUT2D eigenvalue weighted by Crippen LogP contribution is 2.13. The molecular weight excluding hydrogens is 286 g/mol. The van der Waals surface area contributed by atoms with Gasteiger partial charge >= 0.3 is 0 Å². The molecule has 0 atom stereocenters. The Labute approximate surface area is 121 Å². The molecule has 0 fully saturated rings. The smallest absolute Gasteiger partial charge is 0.0948 e. The topological polar surface area (TPSA) is 118 Å². The quantitative estimate of drug-likeness (QED) is 0.293. The lowest BCUT2D eigenvalue weighted by atomic mass is 10.2. The van der Waals surface area contributed by atoms with Gasteiger partial charge in [0.05, 0.1) is 36.3 Å². The zero-order chi connectivity index (χ0) is 15.5. The number of rotatable bonds is 13. The van der Waals surface area contributed by atoms with Gasteiger partial charge in [0.2, 0.25) is 0 Å². The van der Waals surface area contributed by atoms with Gasteiger partial charge in [-0.05, 0) is 0 Å². The lowest BCUT2D eigenvalue weighted by Gasteiger charge is -2.39. The van der Waals surface area contributed by atoms with Crippen molar-refractivity contribution in [1.29, 1.82) is 0 Å². The molecule has 0 rings (SSSR count). The Balaban J connectivity index is 4.65. The summed E-state index contributed by atoms with van der Waals surface area (Å²) in [7, 11) is -4.22. The molecule has 0 saturated carbocycles. The molecule has 0 spiro atoms. The van der Waals surface area contributed by atoms with E-state index in [0.717, 1.165) is 0 Å². The number of aliphatic hydroxyl groups is 3. The first-order chi connectivity index (χ1) is 9.39. The van der Waals surface area contributed by atoms with Gasteiger partial charge in [0, 0.05) is 51.3 Å². The van der Waals surface area contributed by atoms with Crippen LogP contribution in [0.5, 0.6) is 0 Å². The second-order valence-electron chi connectivity index (χ2n) is 5.08. The van der Waals surface area contributed by atoms with E-state index >= 15 is 0 Å². The highest BCUT2D eigenvalue weighted by Gasteiger charge is 2.25. The van der Waals surface area contributed by atoms with Gasteiger partial charge in [-0.25, -0.2) is 8.42 Å². The molecule has 0 amide bonds. The molecule has 8 heteroatoms. The minimum atomic E-state index is -4.22. The van der Waals surface area contributed by atoms with Crippen LogP contribution in [0, 0.1) is 0 Å². The van der Waals surface area contributed by atoms with Crippen LogP contribution in [0.3, 0.4) is 0 Å². The summed E-state index contributed by atoms with van der Waals surface area (Å²) in [6.07, 6.45) is 1.97. The third-order valence-corrected chi connectivity index (χ3v) is 4.19. The number of nitrogens with zero attached hydrogens (tertiary/aromatic N) is 1. The molecule has 0 aliphatic heterocycles. The summed E-state index contributed by atoms with van der Waals surface area (Å²) in [4.78, 5) is 0. The first kappa shape index (κ1) is 19.8. The summed E-state index contributed by atoms with van der Waals surface area (Å²) in [5.74, 6) is -0.398. The Morgan fingerprint density at radius 3 is 1.40 bits per heavy atom. The van der Waals surface area contributed by atoms with Crippen LogP contribution < -0.4 is 0 Å². The first-order valence-corrected chi connectivity index (χ1v) is 8.58. The van der Waals surface area contributed by atoms with Crippen LogP contribution in [0.25, 0.3) is 0 Å². The molecule has 0 radical (unpaired) electrons. The fourth-order valence-electron chi connectivity index (χ4n) is 2.47. The van der Waals surface area contributed by atoms with Gasteiger partial charge in [-0.15, -0.1) is 0 Å². The SMILES string of the molecule is O=S(=O)([O-])CCC[N+](CCCO)(CCCO)CCCO. The third-order valence-electron chi connectivity index (χ3n) is 3.40. The second-order valence-corrected chi connectivity index (χ2v) is 6.61. The predicted octanol–water partition coefficient (Wildman–Crippen LogP) is -1.11. The van der Waals surface area contributed by atoms with Gasteiger partial charge in [0.15, 0.2) is 0 Å². The summed E-state index contributed by atoms with van der Waals surface area (Å²) in [6.45, 7) is 2.57. The van der Waals surface area contributed by atoms with Crippen molar-refractivity contribution in [3.05, 3.63) is 0 Å². The van der Waals surface area contributed by atoms with Crippen LogP contribution in [-0.4, -0.2) is 84.5 Å². The van der Waals surface area contributed by atoms with Crippen LogP contribution in [0.15, 0.2) is 0 Å². The Morgan fingerprint density at radius 1 is 0.750 bits per heavy atom. The highest BCUT2D eigenvalue weighted by atomic mass is 32.2. The second kappa shape index (κ2) is 10.5. The molecule has 0 saturated heterocycles. The van der Waals surface area contributed by atoms with Crippen LogP contribution in [0.1, 0.15) is 25.7 Å². The summed E-state index contributed by atoms with van der Waals surface area (Å²) >= 11 is 0. The molecule has 0 aromatic heterocycles. The lowest BCUT2D eigenvalue weighted by molar-refractivity contribution is -0.928. The molecule has 0 aromatic carbocycles. The number of aliphatic hydroxyl groups excluding tert-OH is 3. The first-order valence-electron chi connectivity index (χ1n) is 7.00. The van der Waals surface area contributed by atoms with Crippen molar-refractivity contribution < 1.29 is 32.8 Å². The van der Waals surface area contributed by atoms with E-state index in [1.54, 1.807) is 0 Å². The van der Waals surface area contributed by atoms with E-state index in [9.17, 15) is 13.0 Å². The molecule has 7 nitrogen and oxygen atoms in total. The van der Waals surface area contributed by atoms with E-state index in [4.69, 9.17) is 15.3 Å². The van der Waals surface area contributed by atoms with E-state index in [0.29, 0.717) is 49.9 Å². The standard InChI is InChI=1S/C12H27NO6S/c14-9-1-5-13(6-2-10-15,7-3-11-16)8-4-12-20(17,18)19/h14-16H,1-12H2. The maximum absolute atomic E-state index is 10.7. The van der Waals surface area contributed by atoms with Crippen LogP contribution in [0.2, 0.25) is 0 Å².